The third-order valence-electron chi connectivity index (χ3n) is 2.12. The van der Waals surface area contributed by atoms with Crippen molar-refractivity contribution in [2.45, 2.75) is 13.3 Å². The van der Waals surface area contributed by atoms with E-state index in [0.29, 0.717) is 24.4 Å². The summed E-state index contributed by atoms with van der Waals surface area (Å²) in [5.41, 5.74) is 0.326. The van der Waals surface area contributed by atoms with Crippen molar-refractivity contribution in [2.24, 2.45) is 0 Å². The Balaban J connectivity index is 2.60. The Hall–Kier alpha value is -0.330. The fourth-order valence-electron chi connectivity index (χ4n) is 1.19. The van der Waals surface area contributed by atoms with Crippen LogP contribution in [0.15, 0.2) is 37.2 Å². The van der Waals surface area contributed by atoms with Gasteiger partial charge in [0.2, 0.25) is 0 Å². The number of ether oxygens (including phenoxy) is 1. The molecule has 0 atom stereocenters. The molecule has 0 amide bonds. The Morgan fingerprint density at radius 1 is 1.33 bits per heavy atom. The van der Waals surface area contributed by atoms with Gasteiger partial charge >= 0.3 is 5.97 Å². The summed E-state index contributed by atoms with van der Waals surface area (Å²) in [7, 11) is 0. The van der Waals surface area contributed by atoms with Gasteiger partial charge in [-0.25, -0.2) is 4.79 Å². The summed E-state index contributed by atoms with van der Waals surface area (Å²) in [5.74, 6) is -0.194. The molecule has 3 nitrogen and oxygen atoms in total. The average Bonchev–Trinajstić information content (AvgIpc) is 2.26. The quantitative estimate of drug-likeness (QED) is 0.527. The van der Waals surface area contributed by atoms with E-state index in [-0.39, 0.29) is 0 Å². The maximum atomic E-state index is 10.6. The number of aliphatic carboxylic acids is 1. The SMILES string of the molecule is CC(=CCCOc1c(Br)cc(Br)cc1Br)C(=O)O. The fourth-order valence-corrected chi connectivity index (χ4v) is 3.68. The van der Waals surface area contributed by atoms with Crippen LogP contribution >= 0.6 is 47.8 Å². The zero-order valence-corrected chi connectivity index (χ0v) is 14.3. The highest BCUT2D eigenvalue weighted by molar-refractivity contribution is 9.11. The summed E-state index contributed by atoms with van der Waals surface area (Å²) >= 11 is 10.2. The predicted molar refractivity (Wildman–Crippen MR) is 81.0 cm³/mol. The molecule has 0 bridgehead atoms. The van der Waals surface area contributed by atoms with E-state index >= 15 is 0 Å². The first-order valence-electron chi connectivity index (χ1n) is 5.09. The average molecular weight is 443 g/mol. The van der Waals surface area contributed by atoms with E-state index in [1.54, 1.807) is 13.0 Å². The third kappa shape index (κ3) is 4.74. The van der Waals surface area contributed by atoms with Gasteiger partial charge in [0.1, 0.15) is 5.75 Å². The highest BCUT2D eigenvalue weighted by atomic mass is 79.9. The van der Waals surface area contributed by atoms with Crippen molar-refractivity contribution in [3.63, 3.8) is 0 Å². The molecule has 1 aromatic carbocycles. The van der Waals surface area contributed by atoms with Crippen LogP contribution in [-0.2, 0) is 4.79 Å². The molecule has 1 N–H and O–H groups in total. The number of carboxylic acids is 1. The summed E-state index contributed by atoms with van der Waals surface area (Å²) in [6.45, 7) is 1.98. The summed E-state index contributed by atoms with van der Waals surface area (Å²) in [6.07, 6.45) is 2.19. The normalized spacial score (nSPS) is 11.4. The molecule has 0 saturated heterocycles. The largest absolute Gasteiger partial charge is 0.491 e. The molecule has 1 rings (SSSR count). The molecule has 1 aromatic rings. The number of hydrogen-bond donors (Lipinski definition) is 1. The van der Waals surface area contributed by atoms with E-state index < -0.39 is 5.97 Å². The van der Waals surface area contributed by atoms with Gasteiger partial charge in [-0.3, -0.25) is 0 Å². The number of rotatable bonds is 5. The van der Waals surface area contributed by atoms with Crippen LogP contribution in [0.5, 0.6) is 5.75 Å². The minimum atomic E-state index is -0.902. The lowest BCUT2D eigenvalue weighted by Gasteiger charge is -2.09. The van der Waals surface area contributed by atoms with Gasteiger partial charge in [0.05, 0.1) is 15.6 Å². The second-order valence-corrected chi connectivity index (χ2v) is 6.15. The van der Waals surface area contributed by atoms with Crippen LogP contribution in [0.2, 0.25) is 0 Å². The molecule has 0 aliphatic carbocycles. The van der Waals surface area contributed by atoms with Gasteiger partial charge in [0, 0.05) is 16.5 Å². The lowest BCUT2D eigenvalue weighted by atomic mass is 10.2. The van der Waals surface area contributed by atoms with Gasteiger partial charge in [-0.2, -0.15) is 0 Å². The molecule has 0 fully saturated rings. The zero-order valence-electron chi connectivity index (χ0n) is 9.54. The fraction of sp³-hybridized carbons (Fsp3) is 0.250. The summed E-state index contributed by atoms with van der Waals surface area (Å²) in [4.78, 5) is 10.6. The van der Waals surface area contributed by atoms with Gasteiger partial charge in [-0.1, -0.05) is 22.0 Å². The highest BCUT2D eigenvalue weighted by Crippen LogP contribution is 2.36. The number of benzene rings is 1. The van der Waals surface area contributed by atoms with Crippen molar-refractivity contribution < 1.29 is 14.6 Å². The van der Waals surface area contributed by atoms with Crippen LogP contribution in [0.1, 0.15) is 13.3 Å². The minimum Gasteiger partial charge on any atom is -0.491 e. The lowest BCUT2D eigenvalue weighted by Crippen LogP contribution is -2.00. The highest BCUT2D eigenvalue weighted by Gasteiger charge is 2.07. The van der Waals surface area contributed by atoms with Gasteiger partial charge < -0.3 is 9.84 Å². The summed E-state index contributed by atoms with van der Waals surface area (Å²) in [6, 6.07) is 3.77. The monoisotopic (exact) mass is 440 g/mol. The molecule has 0 aromatic heterocycles. The van der Waals surface area contributed by atoms with Crippen molar-refractivity contribution in [3.8, 4) is 5.75 Å². The molecule has 18 heavy (non-hydrogen) atoms. The van der Waals surface area contributed by atoms with E-state index in [2.05, 4.69) is 47.8 Å². The molecule has 0 aliphatic rings. The number of carboxylic acid groups (broad SMARTS) is 1. The van der Waals surface area contributed by atoms with Gasteiger partial charge in [-0.05, 0) is 50.9 Å². The second kappa shape index (κ2) is 7.31. The maximum Gasteiger partial charge on any atom is 0.330 e. The van der Waals surface area contributed by atoms with E-state index in [9.17, 15) is 4.79 Å². The second-order valence-electron chi connectivity index (χ2n) is 3.53. The smallest absolute Gasteiger partial charge is 0.330 e. The number of hydrogen-bond acceptors (Lipinski definition) is 2. The summed E-state index contributed by atoms with van der Waals surface area (Å²) in [5, 5.41) is 8.69. The van der Waals surface area contributed by atoms with Gasteiger partial charge in [-0.15, -0.1) is 0 Å². The van der Waals surface area contributed by atoms with Crippen molar-refractivity contribution in [3.05, 3.63) is 37.2 Å². The zero-order chi connectivity index (χ0) is 13.7. The summed E-state index contributed by atoms with van der Waals surface area (Å²) < 4.78 is 8.21. The minimum absolute atomic E-state index is 0.326. The van der Waals surface area contributed by atoms with E-state index in [0.717, 1.165) is 13.4 Å². The van der Waals surface area contributed by atoms with E-state index in [1.165, 1.54) is 0 Å². The van der Waals surface area contributed by atoms with Crippen LogP contribution in [0.4, 0.5) is 0 Å². The number of halogens is 3. The Kier molecular flexibility index (Phi) is 6.38. The first-order valence-corrected chi connectivity index (χ1v) is 7.47. The molecule has 0 heterocycles. The molecule has 0 unspecified atom stereocenters. The maximum absolute atomic E-state index is 10.6. The molecule has 6 heteroatoms. The van der Waals surface area contributed by atoms with E-state index in [4.69, 9.17) is 9.84 Å². The van der Waals surface area contributed by atoms with Crippen LogP contribution < -0.4 is 4.74 Å². The first kappa shape index (κ1) is 15.7. The van der Waals surface area contributed by atoms with Crippen molar-refractivity contribution in [2.75, 3.05) is 6.61 Å². The van der Waals surface area contributed by atoms with Gasteiger partial charge in [0.25, 0.3) is 0 Å². The molecule has 0 saturated carbocycles. The molecule has 0 spiro atoms. The molecular weight excluding hydrogens is 432 g/mol. The molecule has 0 radical (unpaired) electrons. The first-order chi connectivity index (χ1) is 8.41. The van der Waals surface area contributed by atoms with Crippen LogP contribution in [0.3, 0.4) is 0 Å². The van der Waals surface area contributed by atoms with Crippen LogP contribution in [0, 0.1) is 0 Å². The molecular formula is C12H11Br3O3. The lowest BCUT2D eigenvalue weighted by molar-refractivity contribution is -0.132. The molecule has 98 valence electrons. The van der Waals surface area contributed by atoms with Crippen molar-refractivity contribution >= 4 is 53.8 Å². The Labute approximate surface area is 131 Å². The standard InChI is InChI=1S/C12H11Br3O3/c1-7(12(16)17)3-2-4-18-11-9(14)5-8(13)6-10(11)15/h3,5-6H,2,4H2,1H3,(H,16,17). The third-order valence-corrected chi connectivity index (χ3v) is 3.75. The Morgan fingerprint density at radius 3 is 2.39 bits per heavy atom. The Bertz CT molecular complexity index is 460. The predicted octanol–water partition coefficient (Wildman–Crippen LogP) is 4.77. The van der Waals surface area contributed by atoms with Crippen LogP contribution in [-0.4, -0.2) is 17.7 Å². The van der Waals surface area contributed by atoms with E-state index in [1.807, 2.05) is 12.1 Å². The topological polar surface area (TPSA) is 46.5 Å². The van der Waals surface area contributed by atoms with Gasteiger partial charge in [0.15, 0.2) is 0 Å². The van der Waals surface area contributed by atoms with Crippen molar-refractivity contribution in [1.82, 2.24) is 0 Å². The van der Waals surface area contributed by atoms with Crippen molar-refractivity contribution in [1.29, 1.82) is 0 Å². The Morgan fingerprint density at radius 2 is 1.89 bits per heavy atom. The molecule has 0 aliphatic heterocycles. The van der Waals surface area contributed by atoms with Crippen LogP contribution in [0.25, 0.3) is 0 Å². The number of carbonyl (C=O) groups is 1.